The summed E-state index contributed by atoms with van der Waals surface area (Å²) >= 11 is 11.9. The lowest BCUT2D eigenvalue weighted by Gasteiger charge is -2.34. The van der Waals surface area contributed by atoms with Crippen LogP contribution >= 0.6 is 23.2 Å². The van der Waals surface area contributed by atoms with Crippen LogP contribution in [0.2, 0.25) is 10.0 Å². The largest absolute Gasteiger partial charge is 0.397 e. The van der Waals surface area contributed by atoms with E-state index in [-0.39, 0.29) is 23.9 Å². The molecule has 0 radical (unpaired) electrons. The highest BCUT2D eigenvalue weighted by Gasteiger charge is 2.25. The number of hydrogen-bond acceptors (Lipinski definition) is 3. The highest BCUT2D eigenvalue weighted by atomic mass is 35.5. The van der Waals surface area contributed by atoms with E-state index in [0.29, 0.717) is 21.4 Å². The maximum atomic E-state index is 12.1. The lowest BCUT2D eigenvalue weighted by molar-refractivity contribution is -0.117. The predicted octanol–water partition coefficient (Wildman–Crippen LogP) is 3.88. The van der Waals surface area contributed by atoms with Crippen LogP contribution in [0.5, 0.6) is 0 Å². The average molecular weight is 332 g/mol. The van der Waals surface area contributed by atoms with Gasteiger partial charge in [-0.3, -0.25) is 9.69 Å². The molecule has 0 heterocycles. The van der Waals surface area contributed by atoms with Gasteiger partial charge in [0.15, 0.2) is 0 Å². The maximum absolute atomic E-state index is 12.1. The van der Waals surface area contributed by atoms with E-state index in [1.807, 2.05) is 11.9 Å². The zero-order valence-electron chi connectivity index (χ0n) is 13.1. The summed E-state index contributed by atoms with van der Waals surface area (Å²) in [6, 6.07) is 3.36. The third-order valence-electron chi connectivity index (χ3n) is 3.66. The van der Waals surface area contributed by atoms with Crippen LogP contribution in [0.1, 0.15) is 27.7 Å². The van der Waals surface area contributed by atoms with Crippen molar-refractivity contribution < 1.29 is 4.79 Å². The molecule has 1 aromatic carbocycles. The van der Waals surface area contributed by atoms with Crippen molar-refractivity contribution in [2.75, 3.05) is 24.6 Å². The summed E-state index contributed by atoms with van der Waals surface area (Å²) in [5.74, 6) is -0.162. The van der Waals surface area contributed by atoms with Crippen molar-refractivity contribution >= 4 is 40.5 Å². The summed E-state index contributed by atoms with van der Waals surface area (Å²) in [6.07, 6.45) is 0. The first-order chi connectivity index (χ1) is 9.52. The highest BCUT2D eigenvalue weighted by Crippen LogP contribution is 2.32. The predicted molar refractivity (Wildman–Crippen MR) is 91.1 cm³/mol. The van der Waals surface area contributed by atoms with Gasteiger partial charge in [-0.15, -0.1) is 0 Å². The normalized spacial score (nSPS) is 13.3. The van der Waals surface area contributed by atoms with Gasteiger partial charge in [0, 0.05) is 11.1 Å². The maximum Gasteiger partial charge on any atom is 0.238 e. The number of carbonyl (C=O) groups is 1. The lowest BCUT2D eigenvalue weighted by atomic mass is 9.87. The van der Waals surface area contributed by atoms with Crippen LogP contribution in [0.25, 0.3) is 0 Å². The zero-order valence-corrected chi connectivity index (χ0v) is 14.6. The zero-order chi connectivity index (χ0) is 16.4. The molecule has 4 nitrogen and oxygen atoms in total. The number of likely N-dealkylation sites (N-methyl/N-ethyl adjacent to an activating group) is 1. The van der Waals surface area contributed by atoms with Crippen molar-refractivity contribution in [3.63, 3.8) is 0 Å². The van der Waals surface area contributed by atoms with E-state index >= 15 is 0 Å². The van der Waals surface area contributed by atoms with Gasteiger partial charge in [-0.25, -0.2) is 0 Å². The minimum absolute atomic E-state index is 0.0893. The fourth-order valence-electron chi connectivity index (χ4n) is 1.93. The van der Waals surface area contributed by atoms with Crippen molar-refractivity contribution in [3.8, 4) is 0 Å². The number of carbonyl (C=O) groups excluding carboxylic acids is 1. The van der Waals surface area contributed by atoms with Gasteiger partial charge in [-0.05, 0) is 31.5 Å². The number of hydrogen-bond donors (Lipinski definition) is 2. The van der Waals surface area contributed by atoms with Crippen molar-refractivity contribution in [1.82, 2.24) is 4.90 Å². The number of benzene rings is 1. The van der Waals surface area contributed by atoms with E-state index < -0.39 is 0 Å². The fraction of sp³-hybridized carbons (Fsp3) is 0.533. The number of nitrogen functional groups attached to an aromatic ring is 1. The summed E-state index contributed by atoms with van der Waals surface area (Å²) in [7, 11) is 1.92. The minimum Gasteiger partial charge on any atom is -0.397 e. The summed E-state index contributed by atoms with van der Waals surface area (Å²) in [5, 5.41) is 3.52. The Morgan fingerprint density at radius 3 is 2.43 bits per heavy atom. The molecule has 0 fully saturated rings. The van der Waals surface area contributed by atoms with Gasteiger partial charge in [-0.1, -0.05) is 44.0 Å². The van der Waals surface area contributed by atoms with Gasteiger partial charge in [-0.2, -0.15) is 0 Å². The van der Waals surface area contributed by atoms with E-state index in [1.165, 1.54) is 0 Å². The number of anilines is 2. The van der Waals surface area contributed by atoms with Crippen molar-refractivity contribution in [2.45, 2.75) is 33.7 Å². The van der Waals surface area contributed by atoms with Crippen LogP contribution in [0.4, 0.5) is 11.4 Å². The van der Waals surface area contributed by atoms with Crippen LogP contribution in [0, 0.1) is 5.41 Å². The van der Waals surface area contributed by atoms with Gasteiger partial charge in [0.2, 0.25) is 5.91 Å². The number of rotatable bonds is 4. The van der Waals surface area contributed by atoms with Gasteiger partial charge in [0.25, 0.3) is 0 Å². The Balaban J connectivity index is 2.75. The van der Waals surface area contributed by atoms with Crippen molar-refractivity contribution in [3.05, 3.63) is 22.2 Å². The first-order valence-electron chi connectivity index (χ1n) is 6.77. The molecule has 0 aliphatic carbocycles. The van der Waals surface area contributed by atoms with Crippen LogP contribution in [0.3, 0.4) is 0 Å². The second-order valence-electron chi connectivity index (χ2n) is 6.36. The second kappa shape index (κ2) is 6.86. The molecule has 0 aromatic heterocycles. The number of amides is 1. The van der Waals surface area contributed by atoms with Gasteiger partial charge < -0.3 is 11.1 Å². The first-order valence-corrected chi connectivity index (χ1v) is 7.52. The summed E-state index contributed by atoms with van der Waals surface area (Å²) in [5.41, 5.74) is 6.68. The van der Waals surface area contributed by atoms with Crippen LogP contribution < -0.4 is 11.1 Å². The van der Waals surface area contributed by atoms with E-state index in [1.54, 1.807) is 12.1 Å². The molecular formula is C15H23Cl2N3O. The molecule has 1 rings (SSSR count). The molecule has 1 atom stereocenters. The Bertz CT molecular complexity index is 503. The number of nitrogens with one attached hydrogen (secondary N) is 1. The first kappa shape index (κ1) is 18.1. The molecule has 3 N–H and O–H groups in total. The number of halogens is 2. The van der Waals surface area contributed by atoms with Crippen molar-refractivity contribution in [1.29, 1.82) is 0 Å². The van der Waals surface area contributed by atoms with Crippen LogP contribution in [-0.4, -0.2) is 30.4 Å². The molecule has 21 heavy (non-hydrogen) atoms. The summed E-state index contributed by atoms with van der Waals surface area (Å²) in [4.78, 5) is 14.1. The third-order valence-corrected chi connectivity index (χ3v) is 4.17. The van der Waals surface area contributed by atoms with Crippen LogP contribution in [0.15, 0.2) is 12.1 Å². The molecule has 0 aliphatic rings. The Morgan fingerprint density at radius 1 is 1.38 bits per heavy atom. The molecule has 118 valence electrons. The highest BCUT2D eigenvalue weighted by molar-refractivity contribution is 6.37. The summed E-state index contributed by atoms with van der Waals surface area (Å²) < 4.78 is 0. The Labute approximate surface area is 136 Å². The summed E-state index contributed by atoms with van der Waals surface area (Å²) in [6.45, 7) is 8.77. The van der Waals surface area contributed by atoms with E-state index in [2.05, 4.69) is 33.0 Å². The molecule has 1 amide bonds. The molecular weight excluding hydrogens is 309 g/mol. The Kier molecular flexibility index (Phi) is 5.91. The monoisotopic (exact) mass is 331 g/mol. The second-order valence-corrected chi connectivity index (χ2v) is 7.20. The molecule has 0 aliphatic heterocycles. The molecule has 1 aromatic rings. The van der Waals surface area contributed by atoms with Gasteiger partial charge >= 0.3 is 0 Å². The van der Waals surface area contributed by atoms with E-state index in [9.17, 15) is 4.79 Å². The van der Waals surface area contributed by atoms with E-state index in [0.717, 1.165) is 0 Å². The van der Waals surface area contributed by atoms with Crippen LogP contribution in [-0.2, 0) is 4.79 Å². The van der Waals surface area contributed by atoms with Crippen molar-refractivity contribution in [2.24, 2.45) is 5.41 Å². The third kappa shape index (κ3) is 5.06. The molecule has 1 unspecified atom stereocenters. The number of nitrogens with two attached hydrogens (primary N) is 1. The average Bonchev–Trinajstić information content (AvgIpc) is 2.31. The quantitative estimate of drug-likeness (QED) is 0.823. The lowest BCUT2D eigenvalue weighted by Crippen LogP contribution is -2.43. The Morgan fingerprint density at radius 2 is 1.95 bits per heavy atom. The molecule has 0 saturated carbocycles. The molecule has 6 heteroatoms. The smallest absolute Gasteiger partial charge is 0.238 e. The minimum atomic E-state index is -0.162. The molecule has 0 spiro atoms. The standard InChI is InChI=1S/C15H23Cl2N3O/c1-9(15(2,3)4)20(5)8-13(21)19-14-11(17)6-10(16)7-12(14)18/h6-7,9H,8,18H2,1-5H3,(H,19,21). The SMILES string of the molecule is CC(N(C)CC(=O)Nc1c(N)cc(Cl)cc1Cl)C(C)(C)C. The fourth-order valence-corrected chi connectivity index (χ4v) is 2.49. The topological polar surface area (TPSA) is 58.4 Å². The van der Waals surface area contributed by atoms with Gasteiger partial charge in [0.1, 0.15) is 0 Å². The molecule has 0 saturated heterocycles. The number of nitrogens with zero attached hydrogens (tertiary/aromatic N) is 1. The molecule has 0 bridgehead atoms. The Hall–Kier alpha value is -0.970. The van der Waals surface area contributed by atoms with E-state index in [4.69, 9.17) is 28.9 Å². The van der Waals surface area contributed by atoms with Gasteiger partial charge in [0.05, 0.1) is 22.9 Å².